The first kappa shape index (κ1) is 14.9. The number of esters is 1. The van der Waals surface area contributed by atoms with E-state index in [-0.39, 0.29) is 13.0 Å². The molecule has 0 aliphatic heterocycles. The molecule has 1 N–H and O–H groups in total. The van der Waals surface area contributed by atoms with Crippen LogP contribution in [0.3, 0.4) is 0 Å². The van der Waals surface area contributed by atoms with Crippen LogP contribution in [0.5, 0.6) is 0 Å². The number of nitrogens with one attached hydrogen (secondary N) is 1. The molecule has 1 unspecified atom stereocenters. The summed E-state index contributed by atoms with van der Waals surface area (Å²) in [6, 6.07) is 8.19. The Bertz CT molecular complexity index is 459. The maximum Gasteiger partial charge on any atom is 0.308 e. The van der Waals surface area contributed by atoms with Crippen LogP contribution >= 0.6 is 0 Å². The van der Waals surface area contributed by atoms with Crippen molar-refractivity contribution in [1.29, 1.82) is 0 Å². The standard InChI is InChI=1S/C14H16FNO3/c1-3-19-13(17)9-12(16-14(18)10(2)15)11-7-5-4-6-8-11/h4-8,12H,2-3,9H2,1H3,(H,16,18). The summed E-state index contributed by atoms with van der Waals surface area (Å²) in [5, 5.41) is 2.41. The fraction of sp³-hybridized carbons (Fsp3) is 0.286. The predicted octanol–water partition coefficient (Wildman–Crippen LogP) is 2.28. The molecule has 1 aromatic carbocycles. The molecule has 0 aliphatic rings. The van der Waals surface area contributed by atoms with E-state index >= 15 is 0 Å². The van der Waals surface area contributed by atoms with Crippen molar-refractivity contribution in [2.75, 3.05) is 6.61 Å². The molecule has 102 valence electrons. The first-order chi connectivity index (χ1) is 9.04. The third-order valence-corrected chi connectivity index (χ3v) is 2.43. The summed E-state index contributed by atoms with van der Waals surface area (Å²) in [6.07, 6.45) is -0.0587. The normalized spacial score (nSPS) is 11.5. The van der Waals surface area contributed by atoms with Crippen molar-refractivity contribution in [2.24, 2.45) is 0 Å². The second-order valence-electron chi connectivity index (χ2n) is 3.85. The van der Waals surface area contributed by atoms with E-state index in [1.54, 1.807) is 37.3 Å². The lowest BCUT2D eigenvalue weighted by molar-refractivity contribution is -0.143. The van der Waals surface area contributed by atoms with E-state index in [0.717, 1.165) is 0 Å². The molecule has 1 aromatic rings. The summed E-state index contributed by atoms with van der Waals surface area (Å²) < 4.78 is 17.6. The van der Waals surface area contributed by atoms with Gasteiger partial charge in [-0.25, -0.2) is 4.39 Å². The summed E-state index contributed by atoms with van der Waals surface area (Å²) in [5.74, 6) is -2.48. The van der Waals surface area contributed by atoms with Gasteiger partial charge in [0.15, 0.2) is 5.83 Å². The molecule has 0 aliphatic carbocycles. The fourth-order valence-electron chi connectivity index (χ4n) is 1.56. The maximum atomic E-state index is 12.7. The highest BCUT2D eigenvalue weighted by Crippen LogP contribution is 2.17. The van der Waals surface area contributed by atoms with E-state index in [2.05, 4.69) is 11.9 Å². The molecule has 19 heavy (non-hydrogen) atoms. The third-order valence-electron chi connectivity index (χ3n) is 2.43. The lowest BCUT2D eigenvalue weighted by Gasteiger charge is -2.17. The number of hydrogen-bond donors (Lipinski definition) is 1. The smallest absolute Gasteiger partial charge is 0.308 e. The highest BCUT2D eigenvalue weighted by molar-refractivity contribution is 5.91. The minimum Gasteiger partial charge on any atom is -0.466 e. The van der Waals surface area contributed by atoms with Crippen LogP contribution in [0.1, 0.15) is 24.9 Å². The number of halogens is 1. The first-order valence-electron chi connectivity index (χ1n) is 5.90. The van der Waals surface area contributed by atoms with Crippen molar-refractivity contribution < 1.29 is 18.7 Å². The minimum atomic E-state index is -1.09. The number of carbonyl (C=O) groups is 2. The van der Waals surface area contributed by atoms with E-state index in [1.807, 2.05) is 0 Å². The zero-order chi connectivity index (χ0) is 14.3. The summed E-state index contributed by atoms with van der Waals surface area (Å²) in [4.78, 5) is 22.8. The predicted molar refractivity (Wildman–Crippen MR) is 68.8 cm³/mol. The molecule has 0 fully saturated rings. The Morgan fingerprint density at radius 3 is 2.53 bits per heavy atom. The lowest BCUT2D eigenvalue weighted by atomic mass is 10.0. The van der Waals surface area contributed by atoms with Crippen LogP contribution in [-0.4, -0.2) is 18.5 Å². The SMILES string of the molecule is C=C(F)C(=O)NC(CC(=O)OCC)c1ccccc1. The highest BCUT2D eigenvalue weighted by Gasteiger charge is 2.20. The molecule has 1 amide bonds. The van der Waals surface area contributed by atoms with Gasteiger partial charge in [0.05, 0.1) is 19.1 Å². The molecule has 0 spiro atoms. The second kappa shape index (κ2) is 7.31. The van der Waals surface area contributed by atoms with Gasteiger partial charge in [0.25, 0.3) is 5.91 Å². The Morgan fingerprint density at radius 2 is 2.00 bits per heavy atom. The maximum absolute atomic E-state index is 12.7. The Labute approximate surface area is 111 Å². The van der Waals surface area contributed by atoms with Gasteiger partial charge in [0.1, 0.15) is 0 Å². The lowest BCUT2D eigenvalue weighted by Crippen LogP contribution is -2.30. The number of benzene rings is 1. The molecule has 0 saturated heterocycles. The van der Waals surface area contributed by atoms with E-state index in [0.29, 0.717) is 5.56 Å². The molecule has 1 rings (SSSR count). The zero-order valence-corrected chi connectivity index (χ0v) is 10.7. The number of hydrogen-bond acceptors (Lipinski definition) is 3. The Hall–Kier alpha value is -2.17. The van der Waals surface area contributed by atoms with Crippen LogP contribution in [0.15, 0.2) is 42.7 Å². The van der Waals surface area contributed by atoms with Crippen molar-refractivity contribution in [3.05, 3.63) is 48.3 Å². The van der Waals surface area contributed by atoms with E-state index in [9.17, 15) is 14.0 Å². The Kier molecular flexibility index (Phi) is 5.73. The van der Waals surface area contributed by atoms with Gasteiger partial charge in [-0.1, -0.05) is 36.9 Å². The van der Waals surface area contributed by atoms with Gasteiger partial charge in [-0.15, -0.1) is 0 Å². The van der Waals surface area contributed by atoms with Gasteiger partial charge >= 0.3 is 5.97 Å². The molecule has 0 saturated carbocycles. The molecular weight excluding hydrogens is 249 g/mol. The van der Waals surface area contributed by atoms with Crippen LogP contribution in [0.4, 0.5) is 4.39 Å². The number of carbonyl (C=O) groups excluding carboxylic acids is 2. The van der Waals surface area contributed by atoms with E-state index < -0.39 is 23.7 Å². The molecule has 1 atom stereocenters. The summed E-state index contributed by atoms with van der Waals surface area (Å²) in [7, 11) is 0. The van der Waals surface area contributed by atoms with E-state index in [1.165, 1.54) is 0 Å². The first-order valence-corrected chi connectivity index (χ1v) is 5.90. The minimum absolute atomic E-state index is 0.0587. The average Bonchev–Trinajstić information content (AvgIpc) is 2.39. The van der Waals surface area contributed by atoms with Crippen LogP contribution < -0.4 is 5.32 Å². The molecule has 0 radical (unpaired) electrons. The number of amides is 1. The van der Waals surface area contributed by atoms with Crippen molar-refractivity contribution in [3.8, 4) is 0 Å². The van der Waals surface area contributed by atoms with Crippen molar-refractivity contribution in [3.63, 3.8) is 0 Å². The van der Waals surface area contributed by atoms with Gasteiger partial charge in [0, 0.05) is 0 Å². The molecule has 4 nitrogen and oxygen atoms in total. The van der Waals surface area contributed by atoms with Crippen LogP contribution in [-0.2, 0) is 14.3 Å². The van der Waals surface area contributed by atoms with Crippen molar-refractivity contribution in [2.45, 2.75) is 19.4 Å². The third kappa shape index (κ3) is 4.91. The molecule has 0 bridgehead atoms. The fourth-order valence-corrected chi connectivity index (χ4v) is 1.56. The van der Waals surface area contributed by atoms with Gasteiger partial charge in [-0.3, -0.25) is 9.59 Å². The van der Waals surface area contributed by atoms with Crippen molar-refractivity contribution in [1.82, 2.24) is 5.32 Å². The topological polar surface area (TPSA) is 55.4 Å². The molecule has 0 aromatic heterocycles. The Balaban J connectivity index is 2.82. The second-order valence-corrected chi connectivity index (χ2v) is 3.85. The summed E-state index contributed by atoms with van der Waals surface area (Å²) >= 11 is 0. The number of rotatable bonds is 6. The van der Waals surface area contributed by atoms with Gasteiger partial charge in [-0.05, 0) is 12.5 Å². The zero-order valence-electron chi connectivity index (χ0n) is 10.7. The summed E-state index contributed by atoms with van der Waals surface area (Å²) in [6.45, 7) is 4.87. The van der Waals surface area contributed by atoms with Crippen LogP contribution in [0, 0.1) is 0 Å². The Morgan fingerprint density at radius 1 is 1.37 bits per heavy atom. The number of ether oxygens (including phenoxy) is 1. The van der Waals surface area contributed by atoms with Gasteiger partial charge < -0.3 is 10.1 Å². The van der Waals surface area contributed by atoms with Crippen LogP contribution in [0.25, 0.3) is 0 Å². The largest absolute Gasteiger partial charge is 0.466 e. The average molecular weight is 265 g/mol. The van der Waals surface area contributed by atoms with Gasteiger partial charge in [0.2, 0.25) is 0 Å². The molecular formula is C14H16FNO3. The monoisotopic (exact) mass is 265 g/mol. The quantitative estimate of drug-likeness (QED) is 0.634. The van der Waals surface area contributed by atoms with Crippen molar-refractivity contribution >= 4 is 11.9 Å². The van der Waals surface area contributed by atoms with Crippen LogP contribution in [0.2, 0.25) is 0 Å². The molecule has 0 heterocycles. The van der Waals surface area contributed by atoms with Gasteiger partial charge in [-0.2, -0.15) is 0 Å². The highest BCUT2D eigenvalue weighted by atomic mass is 19.1. The summed E-state index contributed by atoms with van der Waals surface area (Å²) in [5.41, 5.74) is 0.699. The van der Waals surface area contributed by atoms with E-state index in [4.69, 9.17) is 4.74 Å². The molecule has 5 heteroatoms.